The summed E-state index contributed by atoms with van der Waals surface area (Å²) in [7, 11) is 1.86. The lowest BCUT2D eigenvalue weighted by Gasteiger charge is -2.16. The molecule has 1 saturated heterocycles. The van der Waals surface area contributed by atoms with Gasteiger partial charge < -0.3 is 24.7 Å². The van der Waals surface area contributed by atoms with Crippen LogP contribution in [0.5, 0.6) is 11.5 Å². The van der Waals surface area contributed by atoms with Crippen LogP contribution < -0.4 is 15.2 Å². The molecule has 33 heavy (non-hydrogen) atoms. The molecule has 1 aliphatic carbocycles. The molecule has 0 bridgehead atoms. The van der Waals surface area contributed by atoms with Gasteiger partial charge in [-0.05, 0) is 36.0 Å². The molecule has 3 atom stereocenters. The number of hydrogen-bond donors (Lipinski definition) is 1. The summed E-state index contributed by atoms with van der Waals surface area (Å²) in [6, 6.07) is 2.98. The van der Waals surface area contributed by atoms with Gasteiger partial charge in [-0.1, -0.05) is 12.5 Å². The van der Waals surface area contributed by atoms with E-state index in [1.165, 1.54) is 18.5 Å². The summed E-state index contributed by atoms with van der Waals surface area (Å²) >= 11 is 0. The van der Waals surface area contributed by atoms with E-state index in [1.807, 2.05) is 16.5 Å². The molecule has 6 rings (SSSR count). The zero-order valence-electron chi connectivity index (χ0n) is 17.8. The van der Waals surface area contributed by atoms with Crippen molar-refractivity contribution in [1.82, 2.24) is 19.4 Å². The first-order valence-corrected chi connectivity index (χ1v) is 10.6. The SMILES string of the molecule is C=CC(=O)N1C[C@@H]2C(C#Cc3c(-c4ccc(F)c5c4OCO5)c4c(N)ncnc4n3C)[C@@H]2C1. The predicted octanol–water partition coefficient (Wildman–Crippen LogP) is 2.33. The van der Waals surface area contributed by atoms with Gasteiger partial charge in [-0.3, -0.25) is 4.79 Å². The predicted molar refractivity (Wildman–Crippen MR) is 119 cm³/mol. The molecule has 1 amide bonds. The number of amides is 1. The van der Waals surface area contributed by atoms with E-state index in [2.05, 4.69) is 28.4 Å². The number of piperidine rings is 1. The highest BCUT2D eigenvalue weighted by Gasteiger charge is 2.55. The van der Waals surface area contributed by atoms with Crippen LogP contribution in [-0.4, -0.2) is 45.2 Å². The summed E-state index contributed by atoms with van der Waals surface area (Å²) in [6.45, 7) is 4.90. The van der Waals surface area contributed by atoms with Crippen LogP contribution in [0.15, 0.2) is 31.1 Å². The highest BCUT2D eigenvalue weighted by molar-refractivity contribution is 6.05. The van der Waals surface area contributed by atoms with Crippen molar-refractivity contribution in [2.45, 2.75) is 0 Å². The molecule has 166 valence electrons. The monoisotopic (exact) mass is 445 g/mol. The Bertz CT molecular complexity index is 1410. The molecule has 0 spiro atoms. The van der Waals surface area contributed by atoms with E-state index in [4.69, 9.17) is 15.2 Å². The third-order valence-electron chi connectivity index (χ3n) is 6.77. The molecule has 2 fully saturated rings. The lowest BCUT2D eigenvalue weighted by atomic mass is 10.0. The summed E-state index contributed by atoms with van der Waals surface area (Å²) < 4.78 is 27.1. The van der Waals surface area contributed by atoms with E-state index < -0.39 is 5.82 Å². The Morgan fingerprint density at radius 3 is 2.79 bits per heavy atom. The van der Waals surface area contributed by atoms with Crippen LogP contribution in [0.1, 0.15) is 5.69 Å². The molecule has 3 aliphatic rings. The van der Waals surface area contributed by atoms with E-state index in [0.717, 1.165) is 0 Å². The Morgan fingerprint density at radius 1 is 1.27 bits per heavy atom. The second kappa shape index (κ2) is 6.97. The molecule has 2 aromatic heterocycles. The van der Waals surface area contributed by atoms with Gasteiger partial charge in [0.05, 0.1) is 5.39 Å². The van der Waals surface area contributed by atoms with E-state index in [-0.39, 0.29) is 24.4 Å². The number of carbonyl (C=O) groups excluding carboxylic acids is 1. The average Bonchev–Trinajstić information content (AvgIpc) is 3.23. The van der Waals surface area contributed by atoms with Gasteiger partial charge in [-0.2, -0.15) is 0 Å². The molecule has 8 nitrogen and oxygen atoms in total. The number of aryl methyl sites for hydroxylation is 1. The van der Waals surface area contributed by atoms with Crippen LogP contribution in [0.4, 0.5) is 10.2 Å². The second-order valence-corrected chi connectivity index (χ2v) is 8.47. The average molecular weight is 445 g/mol. The summed E-state index contributed by atoms with van der Waals surface area (Å²) in [5, 5.41) is 0.632. The fourth-order valence-corrected chi connectivity index (χ4v) is 5.05. The summed E-state index contributed by atoms with van der Waals surface area (Å²) in [5.74, 6) is 7.84. The van der Waals surface area contributed by atoms with Crippen molar-refractivity contribution in [3.8, 4) is 34.5 Å². The second-order valence-electron chi connectivity index (χ2n) is 8.47. The summed E-state index contributed by atoms with van der Waals surface area (Å²) in [4.78, 5) is 22.2. The third kappa shape index (κ3) is 2.80. The van der Waals surface area contributed by atoms with Gasteiger partial charge in [0, 0.05) is 37.2 Å². The minimum Gasteiger partial charge on any atom is -0.453 e. The maximum absolute atomic E-state index is 14.3. The number of benzene rings is 1. The first kappa shape index (κ1) is 19.6. The van der Waals surface area contributed by atoms with Crippen LogP contribution in [0.2, 0.25) is 0 Å². The smallest absolute Gasteiger partial charge is 0.245 e. The van der Waals surface area contributed by atoms with Gasteiger partial charge in [0.25, 0.3) is 0 Å². The number of ether oxygens (including phenoxy) is 2. The lowest BCUT2D eigenvalue weighted by molar-refractivity contribution is -0.125. The van der Waals surface area contributed by atoms with E-state index in [0.29, 0.717) is 64.3 Å². The summed E-state index contributed by atoms with van der Waals surface area (Å²) in [6.07, 6.45) is 2.76. The largest absolute Gasteiger partial charge is 0.453 e. The highest BCUT2D eigenvalue weighted by atomic mass is 19.1. The van der Waals surface area contributed by atoms with Crippen molar-refractivity contribution in [1.29, 1.82) is 0 Å². The molecule has 1 aromatic carbocycles. The van der Waals surface area contributed by atoms with Crippen molar-refractivity contribution in [2.75, 3.05) is 25.6 Å². The van der Waals surface area contributed by atoms with Crippen LogP contribution in [-0.2, 0) is 11.8 Å². The maximum atomic E-state index is 14.3. The lowest BCUT2D eigenvalue weighted by Crippen LogP contribution is -2.29. The number of hydrogen-bond acceptors (Lipinski definition) is 6. The number of aromatic nitrogens is 3. The first-order chi connectivity index (χ1) is 16.0. The van der Waals surface area contributed by atoms with Gasteiger partial charge in [-0.25, -0.2) is 14.4 Å². The molecule has 9 heteroatoms. The van der Waals surface area contributed by atoms with Crippen molar-refractivity contribution in [3.63, 3.8) is 0 Å². The van der Waals surface area contributed by atoms with Crippen LogP contribution >= 0.6 is 0 Å². The van der Waals surface area contributed by atoms with E-state index >= 15 is 0 Å². The summed E-state index contributed by atoms with van der Waals surface area (Å²) in [5.41, 5.74) is 8.87. The zero-order chi connectivity index (χ0) is 22.9. The van der Waals surface area contributed by atoms with Crippen molar-refractivity contribution < 1.29 is 18.7 Å². The van der Waals surface area contributed by atoms with Gasteiger partial charge in [0.2, 0.25) is 18.4 Å². The number of fused-ring (bicyclic) bond motifs is 3. The molecule has 2 N–H and O–H groups in total. The van der Waals surface area contributed by atoms with Crippen molar-refractivity contribution in [2.24, 2.45) is 24.8 Å². The van der Waals surface area contributed by atoms with E-state index in [1.54, 1.807) is 6.07 Å². The molecular weight excluding hydrogens is 425 g/mol. The van der Waals surface area contributed by atoms with Gasteiger partial charge >= 0.3 is 0 Å². The fraction of sp³-hybridized carbons (Fsp3) is 0.292. The Hall–Kier alpha value is -4.06. The first-order valence-electron chi connectivity index (χ1n) is 10.6. The maximum Gasteiger partial charge on any atom is 0.245 e. The minimum atomic E-state index is -0.493. The topological polar surface area (TPSA) is 95.5 Å². The Kier molecular flexibility index (Phi) is 4.14. The molecular formula is C24H20FN5O3. The number of rotatable bonds is 2. The fourth-order valence-electron chi connectivity index (χ4n) is 5.05. The molecule has 0 radical (unpaired) electrons. The molecule has 4 heterocycles. The van der Waals surface area contributed by atoms with Crippen molar-refractivity contribution >= 4 is 22.8 Å². The quantitative estimate of drug-likeness (QED) is 0.481. The van der Waals surface area contributed by atoms with Crippen LogP contribution in [0.3, 0.4) is 0 Å². The number of carbonyl (C=O) groups is 1. The van der Waals surface area contributed by atoms with E-state index in [9.17, 15) is 9.18 Å². The Balaban J connectivity index is 1.45. The van der Waals surface area contributed by atoms with Crippen LogP contribution in [0.25, 0.3) is 22.2 Å². The Morgan fingerprint density at radius 2 is 2.03 bits per heavy atom. The zero-order valence-corrected chi connectivity index (χ0v) is 17.8. The number of nitrogens with two attached hydrogens (primary N) is 1. The van der Waals surface area contributed by atoms with Crippen molar-refractivity contribution in [3.05, 3.63) is 42.6 Å². The number of nitrogen functional groups attached to an aromatic ring is 1. The Labute approximate surface area is 188 Å². The molecule has 1 saturated carbocycles. The number of likely N-dealkylation sites (tertiary alicyclic amines) is 1. The van der Waals surface area contributed by atoms with Crippen LogP contribution in [0, 0.1) is 35.4 Å². The normalized spacial score (nSPS) is 22.1. The highest BCUT2D eigenvalue weighted by Crippen LogP contribution is 2.52. The number of halogens is 1. The standard InChI is InChI=1S/C24H20FN5O3/c1-3-18(31)30-8-14-12(15(14)9-30)5-7-17-19(20-23(26)27-10-28-24(20)29(17)2)13-4-6-16(25)22-21(13)32-11-33-22/h3-4,6,10,12,14-15H,1,8-9,11H2,2H3,(H2,26,27,28)/t12?,14-,15+. The van der Waals surface area contributed by atoms with Gasteiger partial charge in [-0.15, -0.1) is 0 Å². The third-order valence-corrected chi connectivity index (χ3v) is 6.77. The van der Waals surface area contributed by atoms with Gasteiger partial charge in [0.15, 0.2) is 11.6 Å². The number of nitrogens with zero attached hydrogens (tertiary/aromatic N) is 4. The molecule has 1 unspecified atom stereocenters. The molecule has 3 aromatic rings. The minimum absolute atomic E-state index is 0.0358. The molecule has 2 aliphatic heterocycles. The number of anilines is 1. The van der Waals surface area contributed by atoms with Gasteiger partial charge in [0.1, 0.15) is 23.5 Å².